The summed E-state index contributed by atoms with van der Waals surface area (Å²) in [6.07, 6.45) is 8.25. The molecule has 3 rings (SSSR count). The standard InChI is InChI=1S/C17H25N3O/c1-14-15(16-7-3-6-12-20(16)13-21)8-9-17(18-14)19-10-4-2-5-11-19/h8-9,13,16H,2-7,10-12H2,1H3/t16-/m0/s1. The number of piperidine rings is 2. The number of pyridine rings is 1. The van der Waals surface area contributed by atoms with Crippen LogP contribution in [0.4, 0.5) is 5.82 Å². The van der Waals surface area contributed by atoms with Crippen molar-refractivity contribution in [3.8, 4) is 0 Å². The van der Waals surface area contributed by atoms with Crippen LogP contribution in [0, 0.1) is 6.92 Å². The number of rotatable bonds is 3. The van der Waals surface area contributed by atoms with Crippen molar-refractivity contribution in [3.05, 3.63) is 23.4 Å². The summed E-state index contributed by atoms with van der Waals surface area (Å²) in [7, 11) is 0. The van der Waals surface area contributed by atoms with Crippen LogP contribution in [0.1, 0.15) is 55.8 Å². The summed E-state index contributed by atoms with van der Waals surface area (Å²) in [6, 6.07) is 4.56. The molecule has 0 N–H and O–H groups in total. The molecule has 0 bridgehead atoms. The van der Waals surface area contributed by atoms with E-state index in [-0.39, 0.29) is 6.04 Å². The molecule has 0 aliphatic carbocycles. The first-order chi connectivity index (χ1) is 10.3. The van der Waals surface area contributed by atoms with Gasteiger partial charge in [0.25, 0.3) is 0 Å². The number of likely N-dealkylation sites (tertiary alicyclic amines) is 1. The van der Waals surface area contributed by atoms with E-state index in [4.69, 9.17) is 4.98 Å². The fraction of sp³-hybridized carbons (Fsp3) is 0.647. The second kappa shape index (κ2) is 6.46. The van der Waals surface area contributed by atoms with E-state index in [9.17, 15) is 4.79 Å². The highest BCUT2D eigenvalue weighted by molar-refractivity contribution is 5.50. The van der Waals surface area contributed by atoms with E-state index in [1.165, 1.54) is 31.2 Å². The minimum Gasteiger partial charge on any atom is -0.357 e. The van der Waals surface area contributed by atoms with Gasteiger partial charge in [0, 0.05) is 25.3 Å². The van der Waals surface area contributed by atoms with Gasteiger partial charge in [0.15, 0.2) is 0 Å². The SMILES string of the molecule is Cc1nc(N2CCCCC2)ccc1[C@@H]1CCCCN1C=O. The number of aryl methyl sites for hydroxylation is 1. The highest BCUT2D eigenvalue weighted by Gasteiger charge is 2.25. The van der Waals surface area contributed by atoms with E-state index in [0.717, 1.165) is 50.4 Å². The molecule has 0 radical (unpaired) electrons. The average Bonchev–Trinajstić information content (AvgIpc) is 2.55. The number of amides is 1. The Kier molecular flexibility index (Phi) is 4.42. The zero-order valence-corrected chi connectivity index (χ0v) is 12.9. The Morgan fingerprint density at radius 2 is 1.86 bits per heavy atom. The van der Waals surface area contributed by atoms with Crippen molar-refractivity contribution in [3.63, 3.8) is 0 Å². The largest absolute Gasteiger partial charge is 0.357 e. The van der Waals surface area contributed by atoms with Crippen LogP contribution in [0.25, 0.3) is 0 Å². The van der Waals surface area contributed by atoms with Crippen LogP contribution in [-0.4, -0.2) is 35.9 Å². The summed E-state index contributed by atoms with van der Waals surface area (Å²) in [5, 5.41) is 0. The molecule has 0 spiro atoms. The van der Waals surface area contributed by atoms with Crippen molar-refractivity contribution >= 4 is 12.2 Å². The van der Waals surface area contributed by atoms with Crippen LogP contribution >= 0.6 is 0 Å². The predicted octanol–water partition coefficient (Wildman–Crippen LogP) is 3.06. The molecule has 2 saturated heterocycles. The lowest BCUT2D eigenvalue weighted by atomic mass is 9.95. The van der Waals surface area contributed by atoms with Gasteiger partial charge in [-0.1, -0.05) is 6.07 Å². The smallest absolute Gasteiger partial charge is 0.210 e. The van der Waals surface area contributed by atoms with Crippen molar-refractivity contribution < 1.29 is 4.79 Å². The lowest BCUT2D eigenvalue weighted by Crippen LogP contribution is -2.33. The lowest BCUT2D eigenvalue weighted by molar-refractivity contribution is -0.121. The average molecular weight is 287 g/mol. The number of anilines is 1. The topological polar surface area (TPSA) is 36.4 Å². The van der Waals surface area contributed by atoms with Crippen LogP contribution in [-0.2, 0) is 4.79 Å². The molecule has 114 valence electrons. The molecule has 1 aromatic heterocycles. The molecule has 4 nitrogen and oxygen atoms in total. The van der Waals surface area contributed by atoms with Gasteiger partial charge in [0.2, 0.25) is 6.41 Å². The van der Waals surface area contributed by atoms with Crippen LogP contribution in [0.2, 0.25) is 0 Å². The van der Waals surface area contributed by atoms with Crippen molar-refractivity contribution in [1.82, 2.24) is 9.88 Å². The van der Waals surface area contributed by atoms with Gasteiger partial charge >= 0.3 is 0 Å². The fourth-order valence-electron chi connectivity index (χ4n) is 3.62. The molecule has 0 unspecified atom stereocenters. The van der Waals surface area contributed by atoms with E-state index >= 15 is 0 Å². The van der Waals surface area contributed by atoms with E-state index in [0.29, 0.717) is 0 Å². The van der Waals surface area contributed by atoms with Gasteiger partial charge in [0.1, 0.15) is 5.82 Å². The second-order valence-electron chi connectivity index (χ2n) is 6.25. The Morgan fingerprint density at radius 3 is 2.57 bits per heavy atom. The van der Waals surface area contributed by atoms with Gasteiger partial charge < -0.3 is 9.80 Å². The molecule has 2 aliphatic heterocycles. The van der Waals surface area contributed by atoms with E-state index in [1.54, 1.807) is 0 Å². The van der Waals surface area contributed by atoms with Crippen molar-refractivity contribution in [2.45, 2.75) is 51.5 Å². The number of carbonyl (C=O) groups excluding carboxylic acids is 1. The third-order valence-corrected chi connectivity index (χ3v) is 4.83. The van der Waals surface area contributed by atoms with Gasteiger partial charge in [-0.3, -0.25) is 4.79 Å². The van der Waals surface area contributed by atoms with Gasteiger partial charge in [-0.25, -0.2) is 4.98 Å². The Morgan fingerprint density at radius 1 is 1.10 bits per heavy atom. The first-order valence-electron chi connectivity index (χ1n) is 8.23. The molecule has 1 aromatic rings. The number of nitrogens with zero attached hydrogens (tertiary/aromatic N) is 3. The maximum absolute atomic E-state index is 11.3. The Balaban J connectivity index is 1.81. The lowest BCUT2D eigenvalue weighted by Gasteiger charge is -2.34. The Labute approximate surface area is 127 Å². The van der Waals surface area contributed by atoms with Gasteiger partial charge in [0.05, 0.1) is 6.04 Å². The highest BCUT2D eigenvalue weighted by atomic mass is 16.1. The molecule has 2 fully saturated rings. The zero-order chi connectivity index (χ0) is 14.7. The normalized spacial score (nSPS) is 23.2. The van der Waals surface area contributed by atoms with Crippen LogP contribution in [0.15, 0.2) is 12.1 Å². The summed E-state index contributed by atoms with van der Waals surface area (Å²) < 4.78 is 0. The quantitative estimate of drug-likeness (QED) is 0.802. The third-order valence-electron chi connectivity index (χ3n) is 4.83. The van der Waals surface area contributed by atoms with Crippen LogP contribution < -0.4 is 4.90 Å². The first-order valence-corrected chi connectivity index (χ1v) is 8.23. The summed E-state index contributed by atoms with van der Waals surface area (Å²) in [4.78, 5) is 20.4. The molecule has 2 aliphatic rings. The molecule has 1 amide bonds. The van der Waals surface area contributed by atoms with E-state index in [1.807, 2.05) is 4.90 Å². The number of aromatic nitrogens is 1. The summed E-state index contributed by atoms with van der Waals surface area (Å²) in [5.41, 5.74) is 2.30. The number of hydrogen-bond donors (Lipinski definition) is 0. The number of hydrogen-bond acceptors (Lipinski definition) is 3. The molecule has 21 heavy (non-hydrogen) atoms. The fourth-order valence-corrected chi connectivity index (χ4v) is 3.62. The monoisotopic (exact) mass is 287 g/mol. The zero-order valence-electron chi connectivity index (χ0n) is 12.9. The summed E-state index contributed by atoms with van der Waals surface area (Å²) >= 11 is 0. The molecule has 4 heteroatoms. The first kappa shape index (κ1) is 14.4. The van der Waals surface area contributed by atoms with Crippen molar-refractivity contribution in [2.24, 2.45) is 0 Å². The third kappa shape index (κ3) is 3.04. The van der Waals surface area contributed by atoms with Crippen molar-refractivity contribution in [1.29, 1.82) is 0 Å². The Hall–Kier alpha value is -1.58. The van der Waals surface area contributed by atoms with E-state index < -0.39 is 0 Å². The van der Waals surface area contributed by atoms with Crippen molar-refractivity contribution in [2.75, 3.05) is 24.5 Å². The molecule has 1 atom stereocenters. The second-order valence-corrected chi connectivity index (χ2v) is 6.25. The Bertz CT molecular complexity index is 497. The van der Waals surface area contributed by atoms with Gasteiger partial charge in [-0.2, -0.15) is 0 Å². The van der Waals surface area contributed by atoms with Crippen LogP contribution in [0.3, 0.4) is 0 Å². The number of carbonyl (C=O) groups is 1. The molecular formula is C17H25N3O. The minimum atomic E-state index is 0.221. The maximum Gasteiger partial charge on any atom is 0.210 e. The predicted molar refractivity (Wildman–Crippen MR) is 84.4 cm³/mol. The highest BCUT2D eigenvalue weighted by Crippen LogP contribution is 2.32. The molecule has 3 heterocycles. The minimum absolute atomic E-state index is 0.221. The van der Waals surface area contributed by atoms with Crippen LogP contribution in [0.5, 0.6) is 0 Å². The molecule has 0 saturated carbocycles. The maximum atomic E-state index is 11.3. The molecule has 0 aromatic carbocycles. The van der Waals surface area contributed by atoms with E-state index in [2.05, 4.69) is 24.0 Å². The summed E-state index contributed by atoms with van der Waals surface area (Å²) in [5.74, 6) is 1.10. The summed E-state index contributed by atoms with van der Waals surface area (Å²) in [6.45, 7) is 5.20. The molecular weight excluding hydrogens is 262 g/mol. The van der Waals surface area contributed by atoms with Gasteiger partial charge in [-0.15, -0.1) is 0 Å². The van der Waals surface area contributed by atoms with Gasteiger partial charge in [-0.05, 0) is 57.1 Å².